The first-order valence-corrected chi connectivity index (χ1v) is 8.41. The van der Waals surface area contributed by atoms with E-state index >= 15 is 0 Å². The second-order valence-corrected chi connectivity index (χ2v) is 7.57. The van der Waals surface area contributed by atoms with E-state index in [4.69, 9.17) is 0 Å². The minimum Gasteiger partial charge on any atom is -0.303 e. The number of aldehydes is 1. The van der Waals surface area contributed by atoms with Gasteiger partial charge in [-0.2, -0.15) is 0 Å². The van der Waals surface area contributed by atoms with Crippen LogP contribution in [0.4, 0.5) is 0 Å². The largest absolute Gasteiger partial charge is 0.303 e. The number of sulfonamides is 1. The zero-order valence-corrected chi connectivity index (χ0v) is 12.7. The Kier molecular flexibility index (Phi) is 4.30. The van der Waals surface area contributed by atoms with Crippen molar-refractivity contribution in [2.45, 2.75) is 50.5 Å². The molecule has 4 nitrogen and oxygen atoms in total. The van der Waals surface area contributed by atoms with E-state index < -0.39 is 15.4 Å². The maximum Gasteiger partial charge on any atom is 0.240 e. The monoisotopic (exact) mass is 295 g/mol. The quantitative estimate of drug-likeness (QED) is 0.868. The fourth-order valence-corrected chi connectivity index (χ4v) is 4.06. The standard InChI is InChI=1S/C15H21NO3S/c1-12-6-8-13(9-7-12)20(18,19)16-14-5-3-4-10-15(14,2)11-17/h6-9,11,14,16H,3-5,10H2,1-2H3/t14-,15+/m0/s1. The molecule has 110 valence electrons. The Morgan fingerprint density at radius 3 is 2.50 bits per heavy atom. The van der Waals surface area contributed by atoms with Crippen molar-refractivity contribution >= 4 is 16.3 Å². The molecule has 2 atom stereocenters. The molecule has 0 amide bonds. The number of carbonyl (C=O) groups excluding carboxylic acids is 1. The van der Waals surface area contributed by atoms with E-state index in [0.29, 0.717) is 6.42 Å². The van der Waals surface area contributed by atoms with Crippen molar-refractivity contribution in [3.05, 3.63) is 29.8 Å². The number of rotatable bonds is 4. The third kappa shape index (κ3) is 3.10. The van der Waals surface area contributed by atoms with Crippen LogP contribution in [-0.4, -0.2) is 20.7 Å². The van der Waals surface area contributed by atoms with Gasteiger partial charge in [-0.15, -0.1) is 0 Å². The number of carbonyl (C=O) groups is 1. The van der Waals surface area contributed by atoms with E-state index in [9.17, 15) is 13.2 Å². The summed E-state index contributed by atoms with van der Waals surface area (Å²) in [6.45, 7) is 3.75. The van der Waals surface area contributed by atoms with Crippen LogP contribution in [0.15, 0.2) is 29.2 Å². The van der Waals surface area contributed by atoms with Crippen LogP contribution >= 0.6 is 0 Å². The lowest BCUT2D eigenvalue weighted by Crippen LogP contribution is -2.49. The van der Waals surface area contributed by atoms with Gasteiger partial charge in [0.1, 0.15) is 6.29 Å². The number of hydrogen-bond donors (Lipinski definition) is 1. The van der Waals surface area contributed by atoms with Gasteiger partial charge in [0.25, 0.3) is 0 Å². The van der Waals surface area contributed by atoms with Crippen LogP contribution in [0.25, 0.3) is 0 Å². The summed E-state index contributed by atoms with van der Waals surface area (Å²) in [6, 6.07) is 6.42. The zero-order valence-electron chi connectivity index (χ0n) is 11.9. The molecular formula is C15H21NO3S. The molecular weight excluding hydrogens is 274 g/mol. The summed E-state index contributed by atoms with van der Waals surface area (Å²) in [5, 5.41) is 0. The summed E-state index contributed by atoms with van der Waals surface area (Å²) in [5.41, 5.74) is 0.412. The molecule has 0 heterocycles. The number of nitrogens with one attached hydrogen (secondary N) is 1. The highest BCUT2D eigenvalue weighted by Crippen LogP contribution is 2.35. The van der Waals surface area contributed by atoms with Gasteiger partial charge in [-0.1, -0.05) is 37.5 Å². The second kappa shape index (κ2) is 5.66. The summed E-state index contributed by atoms with van der Waals surface area (Å²) >= 11 is 0. The predicted molar refractivity (Wildman–Crippen MR) is 77.9 cm³/mol. The van der Waals surface area contributed by atoms with E-state index in [1.54, 1.807) is 24.3 Å². The van der Waals surface area contributed by atoms with Gasteiger partial charge in [0.05, 0.1) is 4.90 Å². The van der Waals surface area contributed by atoms with Crippen LogP contribution in [0.3, 0.4) is 0 Å². The van der Waals surface area contributed by atoms with Crippen LogP contribution in [0.5, 0.6) is 0 Å². The summed E-state index contributed by atoms with van der Waals surface area (Å²) < 4.78 is 27.5. The smallest absolute Gasteiger partial charge is 0.240 e. The van der Waals surface area contributed by atoms with Crippen molar-refractivity contribution in [2.75, 3.05) is 0 Å². The van der Waals surface area contributed by atoms with Crippen LogP contribution in [-0.2, 0) is 14.8 Å². The average Bonchev–Trinajstić information content (AvgIpc) is 2.42. The summed E-state index contributed by atoms with van der Waals surface area (Å²) in [6.07, 6.45) is 4.26. The Bertz CT molecular complexity index is 580. The topological polar surface area (TPSA) is 63.2 Å². The average molecular weight is 295 g/mol. The lowest BCUT2D eigenvalue weighted by molar-refractivity contribution is -0.117. The molecule has 1 saturated carbocycles. The molecule has 5 heteroatoms. The lowest BCUT2D eigenvalue weighted by atomic mass is 9.73. The number of aryl methyl sites for hydroxylation is 1. The van der Waals surface area contributed by atoms with Gasteiger partial charge < -0.3 is 4.79 Å². The Balaban J connectivity index is 2.23. The Hall–Kier alpha value is -1.20. The summed E-state index contributed by atoms with van der Waals surface area (Å²) in [5.74, 6) is 0. The first kappa shape index (κ1) is 15.2. The third-order valence-electron chi connectivity index (χ3n) is 4.15. The van der Waals surface area contributed by atoms with Crippen molar-refractivity contribution in [1.29, 1.82) is 0 Å². The Morgan fingerprint density at radius 1 is 1.25 bits per heavy atom. The zero-order chi connectivity index (χ0) is 14.8. The van der Waals surface area contributed by atoms with Crippen molar-refractivity contribution in [1.82, 2.24) is 4.72 Å². The van der Waals surface area contributed by atoms with Gasteiger partial charge in [0, 0.05) is 11.5 Å². The van der Waals surface area contributed by atoms with Crippen molar-refractivity contribution in [3.8, 4) is 0 Å². The molecule has 0 aromatic heterocycles. The van der Waals surface area contributed by atoms with Crippen molar-refractivity contribution in [3.63, 3.8) is 0 Å². The molecule has 20 heavy (non-hydrogen) atoms. The summed E-state index contributed by atoms with van der Waals surface area (Å²) in [4.78, 5) is 11.6. The van der Waals surface area contributed by atoms with E-state index in [0.717, 1.165) is 31.1 Å². The lowest BCUT2D eigenvalue weighted by Gasteiger charge is -2.37. The molecule has 1 aliphatic rings. The minimum atomic E-state index is -3.57. The van der Waals surface area contributed by atoms with Crippen LogP contribution < -0.4 is 4.72 Å². The molecule has 1 aromatic carbocycles. The third-order valence-corrected chi connectivity index (χ3v) is 5.64. The molecule has 0 unspecified atom stereocenters. The number of benzene rings is 1. The Morgan fingerprint density at radius 2 is 1.90 bits per heavy atom. The maximum absolute atomic E-state index is 12.4. The molecule has 0 bridgehead atoms. The van der Waals surface area contributed by atoms with Gasteiger partial charge >= 0.3 is 0 Å². The molecule has 1 aliphatic carbocycles. The van der Waals surface area contributed by atoms with Crippen molar-refractivity contribution in [2.24, 2.45) is 5.41 Å². The number of hydrogen-bond acceptors (Lipinski definition) is 3. The summed E-state index contributed by atoms with van der Waals surface area (Å²) in [7, 11) is -3.57. The van der Waals surface area contributed by atoms with Crippen LogP contribution in [0.2, 0.25) is 0 Å². The predicted octanol–water partition coefficient (Wildman–Crippen LogP) is 2.42. The second-order valence-electron chi connectivity index (χ2n) is 5.86. The highest BCUT2D eigenvalue weighted by molar-refractivity contribution is 7.89. The van der Waals surface area contributed by atoms with Crippen LogP contribution in [0, 0.1) is 12.3 Å². The normalized spacial score (nSPS) is 27.2. The van der Waals surface area contributed by atoms with E-state index in [1.165, 1.54) is 0 Å². The molecule has 0 saturated heterocycles. The van der Waals surface area contributed by atoms with Gasteiger partial charge in [-0.05, 0) is 31.9 Å². The molecule has 0 radical (unpaired) electrons. The molecule has 0 spiro atoms. The van der Waals surface area contributed by atoms with Crippen LogP contribution in [0.1, 0.15) is 38.2 Å². The van der Waals surface area contributed by atoms with Gasteiger partial charge in [0.15, 0.2) is 0 Å². The highest BCUT2D eigenvalue weighted by Gasteiger charge is 2.38. The molecule has 1 aromatic rings. The first-order chi connectivity index (χ1) is 9.37. The molecule has 1 N–H and O–H groups in total. The van der Waals surface area contributed by atoms with Gasteiger partial charge in [0.2, 0.25) is 10.0 Å². The fourth-order valence-electron chi connectivity index (χ4n) is 2.67. The SMILES string of the molecule is Cc1ccc(S(=O)(=O)N[C@H]2CCCC[C@]2(C)C=O)cc1. The molecule has 2 rings (SSSR count). The van der Waals surface area contributed by atoms with E-state index in [2.05, 4.69) is 4.72 Å². The van der Waals surface area contributed by atoms with Crippen molar-refractivity contribution < 1.29 is 13.2 Å². The first-order valence-electron chi connectivity index (χ1n) is 6.93. The Labute approximate surface area is 120 Å². The van der Waals surface area contributed by atoms with Gasteiger partial charge in [-0.3, -0.25) is 0 Å². The minimum absolute atomic E-state index is 0.252. The fraction of sp³-hybridized carbons (Fsp3) is 0.533. The molecule has 1 fully saturated rings. The maximum atomic E-state index is 12.4. The highest BCUT2D eigenvalue weighted by atomic mass is 32.2. The van der Waals surface area contributed by atoms with Gasteiger partial charge in [-0.25, -0.2) is 13.1 Å². The van der Waals surface area contributed by atoms with E-state index in [-0.39, 0.29) is 10.9 Å². The van der Waals surface area contributed by atoms with E-state index in [1.807, 2.05) is 13.8 Å². The molecule has 0 aliphatic heterocycles.